The summed E-state index contributed by atoms with van der Waals surface area (Å²) < 4.78 is 5.32. The van der Waals surface area contributed by atoms with E-state index in [0.29, 0.717) is 17.1 Å². The average molecular weight is 317 g/mol. The highest BCUT2D eigenvalue weighted by Crippen LogP contribution is 2.25. The normalized spacial score (nSPS) is 20.6. The highest BCUT2D eigenvalue weighted by Gasteiger charge is 2.26. The zero-order valence-electron chi connectivity index (χ0n) is 12.0. The molecule has 0 spiro atoms. The van der Waals surface area contributed by atoms with Crippen molar-refractivity contribution < 1.29 is 4.74 Å². The Balaban J connectivity index is 2.13. The monoisotopic (exact) mass is 316 g/mol. The molecule has 2 rings (SSSR count). The molecule has 20 heavy (non-hydrogen) atoms. The fourth-order valence-corrected chi connectivity index (χ4v) is 3.22. The molecule has 3 nitrogen and oxygen atoms in total. The van der Waals surface area contributed by atoms with Gasteiger partial charge in [0.15, 0.2) is 0 Å². The maximum absolute atomic E-state index is 6.30. The summed E-state index contributed by atoms with van der Waals surface area (Å²) >= 11 is 12.3. The zero-order chi connectivity index (χ0) is 14.5. The lowest BCUT2D eigenvalue weighted by Crippen LogP contribution is -2.44. The van der Waals surface area contributed by atoms with Crippen LogP contribution in [0.15, 0.2) is 18.2 Å². The van der Waals surface area contributed by atoms with Gasteiger partial charge in [-0.1, -0.05) is 29.3 Å². The minimum absolute atomic E-state index is 0.358. The lowest BCUT2D eigenvalue weighted by atomic mass is 10.1. The molecule has 0 saturated carbocycles. The van der Waals surface area contributed by atoms with Crippen LogP contribution in [0.1, 0.15) is 18.9 Å². The van der Waals surface area contributed by atoms with Crippen LogP contribution in [0.5, 0.6) is 0 Å². The van der Waals surface area contributed by atoms with Crippen molar-refractivity contribution in [3.05, 3.63) is 33.8 Å². The summed E-state index contributed by atoms with van der Waals surface area (Å²) in [5, 5.41) is 4.84. The molecular formula is C15H22Cl2N2O. The molecule has 1 heterocycles. The number of nitrogens with zero attached hydrogens (tertiary/aromatic N) is 1. The Morgan fingerprint density at radius 3 is 2.85 bits per heavy atom. The van der Waals surface area contributed by atoms with Crippen molar-refractivity contribution in [3.8, 4) is 0 Å². The second-order valence-electron chi connectivity index (χ2n) is 5.36. The van der Waals surface area contributed by atoms with Crippen molar-refractivity contribution in [1.82, 2.24) is 10.2 Å². The molecule has 2 atom stereocenters. The molecule has 1 fully saturated rings. The van der Waals surface area contributed by atoms with E-state index in [1.54, 1.807) is 7.11 Å². The zero-order valence-corrected chi connectivity index (χ0v) is 13.5. The Morgan fingerprint density at radius 1 is 1.45 bits per heavy atom. The number of hydrogen-bond acceptors (Lipinski definition) is 3. The summed E-state index contributed by atoms with van der Waals surface area (Å²) in [6.45, 7) is 5.86. The Labute approximate surface area is 131 Å². The number of halogens is 2. The van der Waals surface area contributed by atoms with Crippen LogP contribution in [-0.2, 0) is 11.3 Å². The second-order valence-corrected chi connectivity index (χ2v) is 6.20. The number of benzene rings is 1. The third kappa shape index (κ3) is 4.09. The highest BCUT2D eigenvalue weighted by atomic mass is 35.5. The summed E-state index contributed by atoms with van der Waals surface area (Å²) in [5.74, 6) is 0. The van der Waals surface area contributed by atoms with Gasteiger partial charge < -0.3 is 10.1 Å². The number of hydrogen-bond donors (Lipinski definition) is 1. The minimum Gasteiger partial charge on any atom is -0.383 e. The van der Waals surface area contributed by atoms with Gasteiger partial charge in [-0.15, -0.1) is 0 Å². The van der Waals surface area contributed by atoms with Crippen molar-refractivity contribution in [2.75, 3.05) is 26.8 Å². The van der Waals surface area contributed by atoms with Gasteiger partial charge in [-0.2, -0.15) is 0 Å². The van der Waals surface area contributed by atoms with Gasteiger partial charge in [-0.25, -0.2) is 0 Å². The van der Waals surface area contributed by atoms with Crippen molar-refractivity contribution in [3.63, 3.8) is 0 Å². The van der Waals surface area contributed by atoms with Gasteiger partial charge in [-0.05, 0) is 37.6 Å². The van der Waals surface area contributed by atoms with Gasteiger partial charge in [0.25, 0.3) is 0 Å². The van der Waals surface area contributed by atoms with E-state index in [-0.39, 0.29) is 0 Å². The number of rotatable bonds is 6. The van der Waals surface area contributed by atoms with Crippen molar-refractivity contribution in [2.45, 2.75) is 32.0 Å². The molecule has 0 bridgehead atoms. The number of ether oxygens (including phenoxy) is 1. The van der Waals surface area contributed by atoms with Crippen LogP contribution in [0.2, 0.25) is 10.0 Å². The third-order valence-electron chi connectivity index (χ3n) is 3.85. The summed E-state index contributed by atoms with van der Waals surface area (Å²) in [4.78, 5) is 2.47. The Kier molecular flexibility index (Phi) is 6.12. The van der Waals surface area contributed by atoms with E-state index < -0.39 is 0 Å². The molecule has 1 aromatic rings. The molecule has 1 aliphatic heterocycles. The van der Waals surface area contributed by atoms with Crippen molar-refractivity contribution in [2.24, 2.45) is 0 Å². The van der Waals surface area contributed by atoms with E-state index in [0.717, 1.165) is 36.8 Å². The molecule has 1 N–H and O–H groups in total. The van der Waals surface area contributed by atoms with Crippen molar-refractivity contribution in [1.29, 1.82) is 0 Å². The highest BCUT2D eigenvalue weighted by molar-refractivity contribution is 6.35. The van der Waals surface area contributed by atoms with E-state index in [2.05, 4.69) is 17.1 Å². The molecule has 112 valence electrons. The average Bonchev–Trinajstić information content (AvgIpc) is 2.91. The molecule has 0 aromatic heterocycles. The predicted molar refractivity (Wildman–Crippen MR) is 84.6 cm³/mol. The largest absolute Gasteiger partial charge is 0.383 e. The van der Waals surface area contributed by atoms with Gasteiger partial charge >= 0.3 is 0 Å². The topological polar surface area (TPSA) is 24.5 Å². The molecule has 5 heteroatoms. The van der Waals surface area contributed by atoms with Crippen LogP contribution < -0.4 is 5.32 Å². The van der Waals surface area contributed by atoms with E-state index >= 15 is 0 Å². The smallest absolute Gasteiger partial charge is 0.0615 e. The first-order valence-electron chi connectivity index (χ1n) is 7.01. The fraction of sp³-hybridized carbons (Fsp3) is 0.600. The summed E-state index contributed by atoms with van der Waals surface area (Å²) in [7, 11) is 1.75. The van der Waals surface area contributed by atoms with Gasteiger partial charge in [0, 0.05) is 42.3 Å². The first-order valence-corrected chi connectivity index (χ1v) is 7.76. The summed E-state index contributed by atoms with van der Waals surface area (Å²) in [6.07, 6.45) is 1.17. The van der Waals surface area contributed by atoms with E-state index in [4.69, 9.17) is 27.9 Å². The van der Waals surface area contributed by atoms with Gasteiger partial charge in [0.1, 0.15) is 0 Å². The molecular weight excluding hydrogens is 295 g/mol. The van der Waals surface area contributed by atoms with Crippen LogP contribution in [0.25, 0.3) is 0 Å². The number of nitrogens with one attached hydrogen (secondary N) is 1. The van der Waals surface area contributed by atoms with Crippen LogP contribution in [0.3, 0.4) is 0 Å². The first kappa shape index (κ1) is 16.1. The van der Waals surface area contributed by atoms with Gasteiger partial charge in [-0.3, -0.25) is 4.90 Å². The minimum atomic E-state index is 0.358. The third-order valence-corrected chi connectivity index (χ3v) is 4.43. The Hall–Kier alpha value is -0.320. The van der Waals surface area contributed by atoms with Crippen LogP contribution in [0, 0.1) is 0 Å². The maximum Gasteiger partial charge on any atom is 0.0615 e. The lowest BCUT2D eigenvalue weighted by molar-refractivity contribution is 0.0688. The molecule has 1 unspecified atom stereocenters. The number of methoxy groups -OCH3 is 1. The van der Waals surface area contributed by atoms with Crippen molar-refractivity contribution >= 4 is 23.2 Å². The summed E-state index contributed by atoms with van der Waals surface area (Å²) in [5.41, 5.74) is 1.12. The van der Waals surface area contributed by atoms with Crippen LogP contribution in [0.4, 0.5) is 0 Å². The molecule has 0 radical (unpaired) electrons. The first-order chi connectivity index (χ1) is 9.61. The summed E-state index contributed by atoms with van der Waals surface area (Å²) in [6, 6.07) is 6.61. The van der Waals surface area contributed by atoms with Crippen LogP contribution >= 0.6 is 23.2 Å². The second kappa shape index (κ2) is 7.62. The predicted octanol–water partition coefficient (Wildman–Crippen LogP) is 3.19. The van der Waals surface area contributed by atoms with E-state index in [1.807, 2.05) is 18.2 Å². The lowest BCUT2D eigenvalue weighted by Gasteiger charge is -2.34. The molecule has 0 amide bonds. The standard InChI is InChI=1S/C15H22Cl2N2O/c1-11(10-20-2)19(14-5-6-18-8-14)9-12-3-4-13(16)7-15(12)17/h3-4,7,11,14,18H,5-6,8-10H2,1-2H3/t11?,14-/m0/s1. The molecule has 1 saturated heterocycles. The maximum atomic E-state index is 6.30. The van der Waals surface area contributed by atoms with E-state index in [1.165, 1.54) is 6.42 Å². The van der Waals surface area contributed by atoms with E-state index in [9.17, 15) is 0 Å². The molecule has 1 aromatic carbocycles. The van der Waals surface area contributed by atoms with Crippen LogP contribution in [-0.4, -0.2) is 43.8 Å². The quantitative estimate of drug-likeness (QED) is 0.872. The fourth-order valence-electron chi connectivity index (χ4n) is 2.75. The van der Waals surface area contributed by atoms with Gasteiger partial charge in [0.2, 0.25) is 0 Å². The molecule has 0 aliphatic carbocycles. The van der Waals surface area contributed by atoms with Gasteiger partial charge in [0.05, 0.1) is 6.61 Å². The molecule has 1 aliphatic rings. The Bertz CT molecular complexity index is 436. The SMILES string of the molecule is COCC(C)N(Cc1ccc(Cl)cc1Cl)[C@H]1CCNC1. The Morgan fingerprint density at radius 2 is 2.25 bits per heavy atom.